The van der Waals surface area contributed by atoms with E-state index in [9.17, 15) is 18.0 Å². The molecular weight excluding hydrogens is 247 g/mol. The summed E-state index contributed by atoms with van der Waals surface area (Å²) in [6, 6.07) is 0. The average Bonchev–Trinajstić information content (AvgIpc) is 2.17. The first-order valence-electron chi connectivity index (χ1n) is 4.56. The molecule has 0 radical (unpaired) electrons. The number of rotatable bonds is 1. The van der Waals surface area contributed by atoms with Crippen LogP contribution in [0.25, 0.3) is 0 Å². The highest BCUT2D eigenvalue weighted by Gasteiger charge is 2.38. The predicted octanol–water partition coefficient (Wildman–Crippen LogP) is -0.325. The van der Waals surface area contributed by atoms with Crippen molar-refractivity contribution in [1.82, 2.24) is 5.32 Å². The van der Waals surface area contributed by atoms with E-state index in [1.807, 2.05) is 0 Å². The van der Waals surface area contributed by atoms with Gasteiger partial charge in [0.15, 0.2) is 0 Å². The minimum atomic E-state index is -5.08. The highest BCUT2D eigenvalue weighted by Crippen LogP contribution is 2.13. The van der Waals surface area contributed by atoms with E-state index in [1.54, 1.807) is 0 Å². The third-order valence-corrected chi connectivity index (χ3v) is 1.92. The largest absolute Gasteiger partial charge is 0.490 e. The van der Waals surface area contributed by atoms with E-state index in [2.05, 4.69) is 5.32 Å². The Morgan fingerprint density at radius 3 is 1.88 bits per heavy atom. The number of hydrogen-bond donors (Lipinski definition) is 4. The van der Waals surface area contributed by atoms with Crippen LogP contribution in [-0.4, -0.2) is 52.6 Å². The smallest absolute Gasteiger partial charge is 0.481 e. The third-order valence-electron chi connectivity index (χ3n) is 1.92. The van der Waals surface area contributed by atoms with Crippen LogP contribution in [0, 0.1) is 5.92 Å². The number of carbonyl (C=O) groups is 2. The monoisotopic (exact) mass is 259 g/mol. The normalized spacial score (nSPS) is 24.5. The number of piperidine rings is 1. The van der Waals surface area contributed by atoms with Gasteiger partial charge in [0.05, 0.1) is 12.0 Å². The fourth-order valence-electron chi connectivity index (χ4n) is 1.11. The summed E-state index contributed by atoms with van der Waals surface area (Å²) >= 11 is 0. The Bertz CT molecular complexity index is 281. The van der Waals surface area contributed by atoms with Crippen molar-refractivity contribution in [2.75, 3.05) is 13.1 Å². The summed E-state index contributed by atoms with van der Waals surface area (Å²) in [4.78, 5) is 19.2. The van der Waals surface area contributed by atoms with E-state index in [0.717, 1.165) is 0 Å². The van der Waals surface area contributed by atoms with Crippen molar-refractivity contribution in [3.05, 3.63) is 0 Å². The predicted molar refractivity (Wildman–Crippen MR) is 48.3 cm³/mol. The van der Waals surface area contributed by atoms with E-state index in [-0.39, 0.29) is 0 Å². The van der Waals surface area contributed by atoms with Crippen molar-refractivity contribution in [2.24, 2.45) is 5.92 Å². The van der Waals surface area contributed by atoms with Gasteiger partial charge in [0.2, 0.25) is 0 Å². The second kappa shape index (κ2) is 6.40. The first kappa shape index (κ1) is 15.7. The molecule has 9 heteroatoms. The fourth-order valence-corrected chi connectivity index (χ4v) is 1.11. The molecule has 0 aromatic rings. The molecule has 1 aliphatic heterocycles. The zero-order valence-corrected chi connectivity index (χ0v) is 8.57. The van der Waals surface area contributed by atoms with Crippen LogP contribution in [-0.2, 0) is 9.59 Å². The zero-order valence-electron chi connectivity index (χ0n) is 8.57. The van der Waals surface area contributed by atoms with Crippen LogP contribution in [0.4, 0.5) is 13.2 Å². The summed E-state index contributed by atoms with van der Waals surface area (Å²) in [5, 5.41) is 27.5. The molecule has 0 aromatic heterocycles. The Balaban J connectivity index is 0.000000325. The minimum absolute atomic E-state index is 0.377. The van der Waals surface area contributed by atoms with Gasteiger partial charge in [-0.05, 0) is 6.42 Å². The average molecular weight is 259 g/mol. The van der Waals surface area contributed by atoms with Gasteiger partial charge < -0.3 is 20.6 Å². The molecule has 1 saturated heterocycles. The van der Waals surface area contributed by atoms with Crippen molar-refractivity contribution in [1.29, 1.82) is 0 Å². The van der Waals surface area contributed by atoms with Gasteiger partial charge in [-0.15, -0.1) is 0 Å². The second-order valence-electron chi connectivity index (χ2n) is 3.39. The molecule has 0 aliphatic carbocycles. The number of carboxylic acids is 2. The zero-order chi connectivity index (χ0) is 13.6. The molecule has 0 saturated carbocycles. The number of aliphatic hydroxyl groups is 1. The molecule has 6 nitrogen and oxygen atoms in total. The molecule has 1 aliphatic rings. The Morgan fingerprint density at radius 1 is 1.18 bits per heavy atom. The van der Waals surface area contributed by atoms with E-state index < -0.39 is 30.1 Å². The minimum Gasteiger partial charge on any atom is -0.481 e. The number of hydrogen-bond acceptors (Lipinski definition) is 4. The van der Waals surface area contributed by atoms with Gasteiger partial charge in [0, 0.05) is 13.1 Å². The summed E-state index contributed by atoms with van der Waals surface area (Å²) in [5.74, 6) is -4.00. The van der Waals surface area contributed by atoms with Gasteiger partial charge in [-0.1, -0.05) is 0 Å². The molecule has 1 rings (SSSR count). The van der Waals surface area contributed by atoms with Crippen LogP contribution >= 0.6 is 0 Å². The highest BCUT2D eigenvalue weighted by molar-refractivity contribution is 5.73. The summed E-state index contributed by atoms with van der Waals surface area (Å²) in [6.07, 6.45) is -5.20. The molecule has 1 heterocycles. The van der Waals surface area contributed by atoms with E-state index in [0.29, 0.717) is 19.5 Å². The molecule has 4 N–H and O–H groups in total. The number of aliphatic hydroxyl groups excluding tert-OH is 1. The lowest BCUT2D eigenvalue weighted by Gasteiger charge is -2.23. The summed E-state index contributed by atoms with van der Waals surface area (Å²) in [7, 11) is 0. The van der Waals surface area contributed by atoms with Crippen molar-refractivity contribution in [3.63, 3.8) is 0 Å². The number of β-amino-alcohol motifs (C(OH)–C–C–N with tert-alkyl or cyclic N) is 1. The number of aliphatic carboxylic acids is 2. The number of carboxylic acid groups (broad SMARTS) is 2. The number of nitrogens with one attached hydrogen (secondary N) is 1. The van der Waals surface area contributed by atoms with Gasteiger partial charge >= 0.3 is 18.1 Å². The second-order valence-corrected chi connectivity index (χ2v) is 3.39. The molecule has 0 spiro atoms. The van der Waals surface area contributed by atoms with Gasteiger partial charge in [-0.3, -0.25) is 4.79 Å². The summed E-state index contributed by atoms with van der Waals surface area (Å²) < 4.78 is 31.7. The van der Waals surface area contributed by atoms with Crippen LogP contribution in [0.2, 0.25) is 0 Å². The van der Waals surface area contributed by atoms with Gasteiger partial charge in [-0.25, -0.2) is 4.79 Å². The molecule has 0 unspecified atom stereocenters. The Labute approximate surface area is 94.0 Å². The lowest BCUT2D eigenvalue weighted by Crippen LogP contribution is -2.42. The van der Waals surface area contributed by atoms with Gasteiger partial charge in [0.1, 0.15) is 0 Å². The van der Waals surface area contributed by atoms with Crippen molar-refractivity contribution >= 4 is 11.9 Å². The summed E-state index contributed by atoms with van der Waals surface area (Å²) in [5.41, 5.74) is 0. The lowest BCUT2D eigenvalue weighted by molar-refractivity contribution is -0.192. The Hall–Kier alpha value is -1.35. The molecule has 1 fully saturated rings. The maximum Gasteiger partial charge on any atom is 0.490 e. The van der Waals surface area contributed by atoms with E-state index in [4.69, 9.17) is 20.1 Å². The van der Waals surface area contributed by atoms with Gasteiger partial charge in [0.25, 0.3) is 0 Å². The maximum atomic E-state index is 10.6. The van der Waals surface area contributed by atoms with Crippen LogP contribution < -0.4 is 5.32 Å². The fraction of sp³-hybridized carbons (Fsp3) is 0.750. The molecular formula is C8H12F3NO5. The number of alkyl halides is 3. The van der Waals surface area contributed by atoms with Crippen LogP contribution in [0.3, 0.4) is 0 Å². The van der Waals surface area contributed by atoms with E-state index >= 15 is 0 Å². The maximum absolute atomic E-state index is 10.6. The van der Waals surface area contributed by atoms with Crippen LogP contribution in [0.1, 0.15) is 6.42 Å². The molecule has 0 amide bonds. The van der Waals surface area contributed by atoms with Crippen LogP contribution in [0.15, 0.2) is 0 Å². The van der Waals surface area contributed by atoms with Crippen molar-refractivity contribution in [2.45, 2.75) is 18.7 Å². The summed E-state index contributed by atoms with van der Waals surface area (Å²) in [6.45, 7) is 0.996. The molecule has 0 aromatic carbocycles. The molecule has 2 atom stereocenters. The van der Waals surface area contributed by atoms with Crippen molar-refractivity contribution in [3.8, 4) is 0 Å². The molecule has 0 bridgehead atoms. The first-order chi connectivity index (χ1) is 7.64. The quantitative estimate of drug-likeness (QED) is 0.514. The third kappa shape index (κ3) is 6.74. The molecule has 100 valence electrons. The first-order valence-corrected chi connectivity index (χ1v) is 4.56. The van der Waals surface area contributed by atoms with Gasteiger partial charge in [-0.2, -0.15) is 13.2 Å². The van der Waals surface area contributed by atoms with Crippen molar-refractivity contribution < 1.29 is 38.1 Å². The highest BCUT2D eigenvalue weighted by atomic mass is 19.4. The standard InChI is InChI=1S/C6H11NO3.C2HF3O2/c8-5-1-4(6(9)10)2-7-3-5;3-2(4,5)1(6)7/h4-5,7-8H,1-3H2,(H,9,10);(H,6,7)/t4-,5+;/m0./s1. The molecule has 17 heavy (non-hydrogen) atoms. The number of halogens is 3. The topological polar surface area (TPSA) is 107 Å². The van der Waals surface area contributed by atoms with E-state index in [1.165, 1.54) is 0 Å². The Kier molecular flexibility index (Phi) is 5.89. The Morgan fingerprint density at radius 2 is 1.65 bits per heavy atom. The SMILES string of the molecule is O=C(O)C(F)(F)F.O=C(O)[C@@H]1CNC[C@H](O)C1. The van der Waals surface area contributed by atoms with Crippen LogP contribution in [0.5, 0.6) is 0 Å². The lowest BCUT2D eigenvalue weighted by atomic mass is 9.98.